The normalized spacial score (nSPS) is 10.8. The van der Waals surface area contributed by atoms with Crippen molar-refractivity contribution in [3.8, 4) is 0 Å². The average molecular weight is 308 g/mol. The van der Waals surface area contributed by atoms with E-state index >= 15 is 0 Å². The van der Waals surface area contributed by atoms with E-state index in [2.05, 4.69) is 57.5 Å². The number of nitrogens with zero attached hydrogens (tertiary/aromatic N) is 2. The molecule has 1 heterocycles. The van der Waals surface area contributed by atoms with Gasteiger partial charge in [0.1, 0.15) is 0 Å². The number of rotatable bonds is 5. The van der Waals surface area contributed by atoms with E-state index in [4.69, 9.17) is 0 Å². The van der Waals surface area contributed by atoms with Crippen LogP contribution >= 0.6 is 15.9 Å². The van der Waals surface area contributed by atoms with Gasteiger partial charge in [-0.3, -0.25) is 4.68 Å². The van der Waals surface area contributed by atoms with Crippen LogP contribution in [0.15, 0.2) is 34.8 Å². The smallest absolute Gasteiger partial charge is 0.0597 e. The van der Waals surface area contributed by atoms with Gasteiger partial charge in [-0.1, -0.05) is 28.1 Å². The molecule has 1 aromatic heterocycles. The third kappa shape index (κ3) is 3.43. The van der Waals surface area contributed by atoms with E-state index in [-0.39, 0.29) is 0 Å². The van der Waals surface area contributed by atoms with Crippen LogP contribution in [0.1, 0.15) is 23.9 Å². The zero-order chi connectivity index (χ0) is 13.0. The number of aryl methyl sites for hydroxylation is 2. The number of halogens is 1. The van der Waals surface area contributed by atoms with Gasteiger partial charge in [-0.2, -0.15) is 5.10 Å². The molecule has 0 atom stereocenters. The molecule has 0 fully saturated rings. The standard InChI is InChI=1S/C14H18BrN3/c1-3-18-14(7-11(2)17-18)10-16-9-12-5-4-6-13(15)8-12/h4-8,16H,3,9-10H2,1-2H3. The van der Waals surface area contributed by atoms with Gasteiger partial charge in [0.25, 0.3) is 0 Å². The molecule has 2 rings (SSSR count). The lowest BCUT2D eigenvalue weighted by Gasteiger charge is -2.07. The second kappa shape index (κ2) is 6.16. The predicted octanol–water partition coefficient (Wildman–Crippen LogP) is 3.26. The van der Waals surface area contributed by atoms with Gasteiger partial charge in [0.15, 0.2) is 0 Å². The molecule has 0 radical (unpaired) electrons. The van der Waals surface area contributed by atoms with Crippen LogP contribution in [0.25, 0.3) is 0 Å². The summed E-state index contributed by atoms with van der Waals surface area (Å²) in [6.07, 6.45) is 0. The maximum Gasteiger partial charge on any atom is 0.0597 e. The first kappa shape index (κ1) is 13.3. The molecule has 2 aromatic rings. The van der Waals surface area contributed by atoms with E-state index in [0.29, 0.717) is 0 Å². The highest BCUT2D eigenvalue weighted by Gasteiger charge is 2.03. The van der Waals surface area contributed by atoms with Crippen molar-refractivity contribution in [1.29, 1.82) is 0 Å². The van der Waals surface area contributed by atoms with Gasteiger partial charge >= 0.3 is 0 Å². The van der Waals surface area contributed by atoms with Crippen molar-refractivity contribution in [2.24, 2.45) is 0 Å². The van der Waals surface area contributed by atoms with E-state index in [1.165, 1.54) is 11.3 Å². The van der Waals surface area contributed by atoms with Crippen molar-refractivity contribution >= 4 is 15.9 Å². The number of nitrogens with one attached hydrogen (secondary N) is 1. The average Bonchev–Trinajstić information content (AvgIpc) is 2.70. The van der Waals surface area contributed by atoms with Crippen LogP contribution in [-0.4, -0.2) is 9.78 Å². The molecule has 0 aliphatic carbocycles. The van der Waals surface area contributed by atoms with E-state index in [1.54, 1.807) is 0 Å². The maximum absolute atomic E-state index is 4.44. The number of hydrogen-bond donors (Lipinski definition) is 1. The Labute approximate surface area is 116 Å². The largest absolute Gasteiger partial charge is 0.307 e. The second-order valence-corrected chi connectivity index (χ2v) is 5.24. The summed E-state index contributed by atoms with van der Waals surface area (Å²) >= 11 is 3.48. The van der Waals surface area contributed by atoms with Crippen LogP contribution in [0.5, 0.6) is 0 Å². The Hall–Kier alpha value is -1.13. The van der Waals surface area contributed by atoms with E-state index < -0.39 is 0 Å². The molecule has 0 aliphatic heterocycles. The Kier molecular flexibility index (Phi) is 4.55. The van der Waals surface area contributed by atoms with Gasteiger partial charge in [0, 0.05) is 24.1 Å². The van der Waals surface area contributed by atoms with Crippen molar-refractivity contribution < 1.29 is 0 Å². The highest BCUT2D eigenvalue weighted by molar-refractivity contribution is 9.10. The highest BCUT2D eigenvalue weighted by Crippen LogP contribution is 2.11. The lowest BCUT2D eigenvalue weighted by atomic mass is 10.2. The maximum atomic E-state index is 4.44. The van der Waals surface area contributed by atoms with Crippen molar-refractivity contribution in [3.05, 3.63) is 51.8 Å². The summed E-state index contributed by atoms with van der Waals surface area (Å²) in [7, 11) is 0. The van der Waals surface area contributed by atoms with E-state index in [0.717, 1.165) is 29.8 Å². The summed E-state index contributed by atoms with van der Waals surface area (Å²) in [5.74, 6) is 0. The lowest BCUT2D eigenvalue weighted by molar-refractivity contribution is 0.579. The van der Waals surface area contributed by atoms with Crippen molar-refractivity contribution in [2.75, 3.05) is 0 Å². The van der Waals surface area contributed by atoms with Crippen LogP contribution < -0.4 is 5.32 Å². The van der Waals surface area contributed by atoms with Crippen molar-refractivity contribution in [1.82, 2.24) is 15.1 Å². The summed E-state index contributed by atoms with van der Waals surface area (Å²) in [5, 5.41) is 7.89. The first-order chi connectivity index (χ1) is 8.69. The number of benzene rings is 1. The summed E-state index contributed by atoms with van der Waals surface area (Å²) < 4.78 is 3.17. The molecule has 1 aromatic carbocycles. The number of aromatic nitrogens is 2. The fourth-order valence-corrected chi connectivity index (χ4v) is 2.44. The van der Waals surface area contributed by atoms with Gasteiger partial charge in [-0.05, 0) is 37.6 Å². The van der Waals surface area contributed by atoms with Crippen molar-refractivity contribution in [2.45, 2.75) is 33.5 Å². The Balaban J connectivity index is 1.92. The SMILES string of the molecule is CCn1nc(C)cc1CNCc1cccc(Br)c1. The van der Waals surface area contributed by atoms with Crippen LogP contribution in [0, 0.1) is 6.92 Å². The van der Waals surface area contributed by atoms with Gasteiger partial charge in [0.2, 0.25) is 0 Å². The first-order valence-electron chi connectivity index (χ1n) is 6.17. The molecule has 0 spiro atoms. The molecule has 0 saturated carbocycles. The molecule has 0 bridgehead atoms. The van der Waals surface area contributed by atoms with Gasteiger partial charge in [-0.15, -0.1) is 0 Å². The van der Waals surface area contributed by atoms with Crippen LogP contribution in [0.2, 0.25) is 0 Å². The Morgan fingerprint density at radius 2 is 2.11 bits per heavy atom. The van der Waals surface area contributed by atoms with Crippen LogP contribution in [0.3, 0.4) is 0 Å². The lowest BCUT2D eigenvalue weighted by Crippen LogP contribution is -2.16. The molecule has 0 saturated heterocycles. The molecule has 0 unspecified atom stereocenters. The highest BCUT2D eigenvalue weighted by atomic mass is 79.9. The quantitative estimate of drug-likeness (QED) is 0.919. The summed E-state index contributed by atoms with van der Waals surface area (Å²) in [6.45, 7) is 6.78. The monoisotopic (exact) mass is 307 g/mol. The summed E-state index contributed by atoms with van der Waals surface area (Å²) in [6, 6.07) is 10.5. The minimum atomic E-state index is 0.848. The first-order valence-corrected chi connectivity index (χ1v) is 6.97. The number of hydrogen-bond acceptors (Lipinski definition) is 2. The Morgan fingerprint density at radius 1 is 1.28 bits per heavy atom. The molecule has 18 heavy (non-hydrogen) atoms. The van der Waals surface area contributed by atoms with Gasteiger partial charge in [0.05, 0.1) is 11.4 Å². The zero-order valence-electron chi connectivity index (χ0n) is 10.8. The van der Waals surface area contributed by atoms with Crippen molar-refractivity contribution in [3.63, 3.8) is 0 Å². The molecular weight excluding hydrogens is 290 g/mol. The van der Waals surface area contributed by atoms with Crippen LogP contribution in [-0.2, 0) is 19.6 Å². The molecule has 3 nitrogen and oxygen atoms in total. The summed E-state index contributed by atoms with van der Waals surface area (Å²) in [4.78, 5) is 0. The molecule has 0 aliphatic rings. The third-order valence-corrected chi connectivity index (χ3v) is 3.30. The van der Waals surface area contributed by atoms with E-state index in [1.807, 2.05) is 17.7 Å². The zero-order valence-corrected chi connectivity index (χ0v) is 12.4. The fraction of sp³-hybridized carbons (Fsp3) is 0.357. The fourth-order valence-electron chi connectivity index (χ4n) is 2.00. The molecule has 96 valence electrons. The second-order valence-electron chi connectivity index (χ2n) is 4.33. The van der Waals surface area contributed by atoms with Gasteiger partial charge in [-0.25, -0.2) is 0 Å². The Bertz CT molecular complexity index is 520. The molecule has 4 heteroatoms. The van der Waals surface area contributed by atoms with E-state index in [9.17, 15) is 0 Å². The minimum Gasteiger partial charge on any atom is -0.307 e. The molecule has 0 amide bonds. The van der Waals surface area contributed by atoms with Crippen LogP contribution in [0.4, 0.5) is 0 Å². The van der Waals surface area contributed by atoms with Gasteiger partial charge < -0.3 is 5.32 Å². The predicted molar refractivity (Wildman–Crippen MR) is 77.3 cm³/mol. The molecule has 1 N–H and O–H groups in total. The molecular formula is C14H18BrN3. The summed E-state index contributed by atoms with van der Waals surface area (Å²) in [5.41, 5.74) is 3.60. The Morgan fingerprint density at radius 3 is 2.83 bits per heavy atom. The topological polar surface area (TPSA) is 29.9 Å². The minimum absolute atomic E-state index is 0.848. The third-order valence-electron chi connectivity index (χ3n) is 2.81.